The van der Waals surface area contributed by atoms with Gasteiger partial charge in [-0.3, -0.25) is 0 Å². The van der Waals surface area contributed by atoms with Crippen molar-refractivity contribution < 1.29 is 9.53 Å². The van der Waals surface area contributed by atoms with E-state index in [-0.39, 0.29) is 12.0 Å². The van der Waals surface area contributed by atoms with Gasteiger partial charge in [-0.15, -0.1) is 0 Å². The van der Waals surface area contributed by atoms with Crippen molar-refractivity contribution in [2.45, 2.75) is 26.3 Å². The molecule has 0 aliphatic carbocycles. The van der Waals surface area contributed by atoms with Crippen molar-refractivity contribution in [1.82, 2.24) is 4.57 Å². The van der Waals surface area contributed by atoms with Crippen LogP contribution in [0.2, 0.25) is 0 Å². The highest BCUT2D eigenvalue weighted by molar-refractivity contribution is 5.91. The zero-order chi connectivity index (χ0) is 18.7. The van der Waals surface area contributed by atoms with Crippen molar-refractivity contribution in [3.63, 3.8) is 0 Å². The number of nitrogens with zero attached hydrogens (tertiary/aromatic N) is 2. The summed E-state index contributed by atoms with van der Waals surface area (Å²) in [5.74, 6) is -0.343. The van der Waals surface area contributed by atoms with Crippen LogP contribution in [0, 0.1) is 11.3 Å². The number of ether oxygens (including phenoxy) is 1. The average Bonchev–Trinajstić information content (AvgIpc) is 3.09. The molecule has 5 nitrogen and oxygen atoms in total. The van der Waals surface area contributed by atoms with E-state index >= 15 is 0 Å². The summed E-state index contributed by atoms with van der Waals surface area (Å²) in [6.45, 7) is 4.24. The normalized spacial score (nSPS) is 11.9. The second-order valence-corrected chi connectivity index (χ2v) is 6.28. The molecule has 0 bridgehead atoms. The van der Waals surface area contributed by atoms with E-state index in [2.05, 4.69) is 6.07 Å². The topological polar surface area (TPSA) is 81.0 Å². The zero-order valence-corrected chi connectivity index (χ0v) is 14.9. The number of carbonyl (C=O) groups excluding carboxylic acids is 1. The quantitative estimate of drug-likeness (QED) is 0.705. The molecule has 26 heavy (non-hydrogen) atoms. The molecule has 0 amide bonds. The van der Waals surface area contributed by atoms with E-state index in [0.717, 1.165) is 28.6 Å². The number of hydrogen-bond donors (Lipinski definition) is 1. The van der Waals surface area contributed by atoms with E-state index in [4.69, 9.17) is 10.5 Å². The molecule has 2 N–H and O–H groups in total. The van der Waals surface area contributed by atoms with Gasteiger partial charge in [0.1, 0.15) is 6.07 Å². The van der Waals surface area contributed by atoms with Gasteiger partial charge >= 0.3 is 5.97 Å². The average molecular weight is 347 g/mol. The Bertz CT molecular complexity index is 996. The zero-order valence-electron chi connectivity index (χ0n) is 14.9. The molecule has 5 heteroatoms. The van der Waals surface area contributed by atoms with Crippen LogP contribution < -0.4 is 5.73 Å². The highest BCUT2D eigenvalue weighted by Gasteiger charge is 2.14. The van der Waals surface area contributed by atoms with Crippen molar-refractivity contribution in [3.05, 3.63) is 65.4 Å². The van der Waals surface area contributed by atoms with Gasteiger partial charge in [-0.05, 0) is 55.3 Å². The fourth-order valence-corrected chi connectivity index (χ4v) is 2.93. The van der Waals surface area contributed by atoms with Gasteiger partial charge in [0.25, 0.3) is 0 Å². The second-order valence-electron chi connectivity index (χ2n) is 6.28. The number of benzene rings is 2. The van der Waals surface area contributed by atoms with Crippen molar-refractivity contribution in [2.75, 3.05) is 6.61 Å². The van der Waals surface area contributed by atoms with Crippen LogP contribution in [0.5, 0.6) is 0 Å². The molecule has 3 rings (SSSR count). The van der Waals surface area contributed by atoms with Gasteiger partial charge in [0.05, 0.1) is 23.3 Å². The molecule has 0 aliphatic rings. The Balaban J connectivity index is 2.09. The third-order valence-corrected chi connectivity index (χ3v) is 4.25. The number of nitrogens with two attached hydrogens (primary N) is 1. The first-order valence-electron chi connectivity index (χ1n) is 8.63. The number of hydrogen-bond acceptors (Lipinski definition) is 4. The summed E-state index contributed by atoms with van der Waals surface area (Å²) in [6, 6.07) is 15.1. The lowest BCUT2D eigenvalue weighted by Gasteiger charge is -2.11. The molecular weight excluding hydrogens is 326 g/mol. The molecule has 132 valence electrons. The van der Waals surface area contributed by atoms with Crippen LogP contribution in [-0.2, 0) is 4.74 Å². The molecule has 0 spiro atoms. The summed E-state index contributed by atoms with van der Waals surface area (Å²) in [7, 11) is 0. The van der Waals surface area contributed by atoms with Gasteiger partial charge in [-0.25, -0.2) is 4.79 Å². The number of nitriles is 1. The van der Waals surface area contributed by atoms with E-state index in [1.54, 1.807) is 12.1 Å². The molecule has 1 atom stereocenters. The predicted molar refractivity (Wildman–Crippen MR) is 101 cm³/mol. The maximum Gasteiger partial charge on any atom is 0.338 e. The fourth-order valence-electron chi connectivity index (χ4n) is 2.93. The maximum atomic E-state index is 12.1. The Morgan fingerprint density at radius 1 is 1.31 bits per heavy atom. The standard InChI is InChI=1S/C21H21N3O2/c1-3-9-26-21(25)16-5-4-6-19(12-16)24-8-7-15-10-17(14(2)23)11-18(13-22)20(15)24/h4-8,10-12,14H,3,9,23H2,1-2H3. The molecule has 0 saturated carbocycles. The number of carbonyl (C=O) groups is 1. The number of esters is 1. The molecule has 0 radical (unpaired) electrons. The van der Waals surface area contributed by atoms with Gasteiger partial charge in [0.2, 0.25) is 0 Å². The summed E-state index contributed by atoms with van der Waals surface area (Å²) in [5.41, 5.74) is 9.54. The second kappa shape index (κ2) is 7.42. The first-order chi connectivity index (χ1) is 12.5. The number of aromatic nitrogens is 1. The Morgan fingerprint density at radius 2 is 2.12 bits per heavy atom. The molecule has 2 aromatic carbocycles. The number of fused-ring (bicyclic) bond motifs is 1. The molecule has 1 heterocycles. The van der Waals surface area contributed by atoms with E-state index < -0.39 is 0 Å². The first-order valence-corrected chi connectivity index (χ1v) is 8.63. The van der Waals surface area contributed by atoms with Crippen LogP contribution in [-0.4, -0.2) is 17.1 Å². The Kier molecular flexibility index (Phi) is 5.06. The SMILES string of the molecule is CCCOC(=O)c1cccc(-n2ccc3cc(C(C)N)cc(C#N)c32)c1. The minimum Gasteiger partial charge on any atom is -0.462 e. The minimum absolute atomic E-state index is 0.147. The molecule has 0 fully saturated rings. The van der Waals surface area contributed by atoms with Crippen LogP contribution >= 0.6 is 0 Å². The highest BCUT2D eigenvalue weighted by Crippen LogP contribution is 2.27. The third kappa shape index (κ3) is 3.32. The Hall–Kier alpha value is -3.10. The van der Waals surface area contributed by atoms with Gasteiger partial charge in [0.15, 0.2) is 0 Å². The van der Waals surface area contributed by atoms with Crippen molar-refractivity contribution in [1.29, 1.82) is 5.26 Å². The Morgan fingerprint density at radius 3 is 2.81 bits per heavy atom. The van der Waals surface area contributed by atoms with E-state index in [1.807, 2.05) is 54.9 Å². The van der Waals surface area contributed by atoms with Crippen LogP contribution in [0.15, 0.2) is 48.7 Å². The molecule has 0 aliphatic heterocycles. The van der Waals surface area contributed by atoms with Gasteiger partial charge in [-0.1, -0.05) is 13.0 Å². The lowest BCUT2D eigenvalue weighted by Crippen LogP contribution is -2.07. The van der Waals surface area contributed by atoms with Gasteiger partial charge < -0.3 is 15.0 Å². The predicted octanol–water partition coefficient (Wildman–Crippen LogP) is 4.09. The fraction of sp³-hybridized carbons (Fsp3) is 0.238. The summed E-state index contributed by atoms with van der Waals surface area (Å²) in [4.78, 5) is 12.1. The molecule has 3 aromatic rings. The molecule has 1 aromatic heterocycles. The molecule has 1 unspecified atom stereocenters. The van der Waals surface area contributed by atoms with Gasteiger partial charge in [0, 0.05) is 23.3 Å². The van der Waals surface area contributed by atoms with Crippen molar-refractivity contribution >= 4 is 16.9 Å². The molecule has 0 saturated heterocycles. The largest absolute Gasteiger partial charge is 0.462 e. The first kappa shape index (κ1) is 17.7. The van der Waals surface area contributed by atoms with E-state index in [9.17, 15) is 10.1 Å². The molecular formula is C21H21N3O2. The van der Waals surface area contributed by atoms with E-state index in [0.29, 0.717) is 17.7 Å². The summed E-state index contributed by atoms with van der Waals surface area (Å²) in [6.07, 6.45) is 2.67. The van der Waals surface area contributed by atoms with Crippen LogP contribution in [0.4, 0.5) is 0 Å². The summed E-state index contributed by atoms with van der Waals surface area (Å²) >= 11 is 0. The number of rotatable bonds is 5. The van der Waals surface area contributed by atoms with Crippen LogP contribution in [0.25, 0.3) is 16.6 Å². The van der Waals surface area contributed by atoms with Crippen LogP contribution in [0.1, 0.15) is 47.8 Å². The minimum atomic E-state index is -0.343. The smallest absolute Gasteiger partial charge is 0.338 e. The van der Waals surface area contributed by atoms with Gasteiger partial charge in [-0.2, -0.15) is 5.26 Å². The summed E-state index contributed by atoms with van der Waals surface area (Å²) < 4.78 is 7.12. The highest BCUT2D eigenvalue weighted by atomic mass is 16.5. The lowest BCUT2D eigenvalue weighted by atomic mass is 10.0. The van der Waals surface area contributed by atoms with Crippen LogP contribution in [0.3, 0.4) is 0 Å². The monoisotopic (exact) mass is 347 g/mol. The lowest BCUT2D eigenvalue weighted by molar-refractivity contribution is 0.0505. The third-order valence-electron chi connectivity index (χ3n) is 4.25. The van der Waals surface area contributed by atoms with Crippen molar-refractivity contribution in [2.24, 2.45) is 5.73 Å². The van der Waals surface area contributed by atoms with E-state index in [1.165, 1.54) is 0 Å². The summed E-state index contributed by atoms with van der Waals surface area (Å²) in [5, 5.41) is 10.5. The van der Waals surface area contributed by atoms with Crippen molar-refractivity contribution in [3.8, 4) is 11.8 Å². The maximum absolute atomic E-state index is 12.1. The Labute approximate surface area is 152 Å².